The van der Waals surface area contributed by atoms with Gasteiger partial charge in [-0.3, -0.25) is 19.4 Å². The number of hydrogen-bond acceptors (Lipinski definition) is 6. The van der Waals surface area contributed by atoms with E-state index in [-0.39, 0.29) is 17.9 Å². The highest BCUT2D eigenvalue weighted by molar-refractivity contribution is 6.30. The molecule has 1 aromatic heterocycles. The number of aromatic nitrogens is 1. The molecule has 9 heteroatoms. The van der Waals surface area contributed by atoms with Crippen LogP contribution in [0, 0.1) is 0 Å². The summed E-state index contributed by atoms with van der Waals surface area (Å²) in [5.41, 5.74) is 0. The van der Waals surface area contributed by atoms with Gasteiger partial charge in [0.1, 0.15) is 5.82 Å². The average molecular weight is 396 g/mol. The zero-order chi connectivity index (χ0) is 19.2. The van der Waals surface area contributed by atoms with Crippen molar-refractivity contribution in [3.63, 3.8) is 0 Å². The molecular formula is C18H26ClN5O3. The van der Waals surface area contributed by atoms with Crippen molar-refractivity contribution in [1.82, 2.24) is 19.7 Å². The summed E-state index contributed by atoms with van der Waals surface area (Å²) in [4.78, 5) is 35.1. The van der Waals surface area contributed by atoms with Gasteiger partial charge in [-0.05, 0) is 19.1 Å². The Hall–Kier alpha value is -1.74. The Balaban J connectivity index is 1.44. The van der Waals surface area contributed by atoms with Crippen molar-refractivity contribution in [2.24, 2.45) is 0 Å². The Labute approximate surface area is 164 Å². The van der Waals surface area contributed by atoms with Crippen LogP contribution in [-0.2, 0) is 14.3 Å². The number of anilines is 1. The molecule has 2 aliphatic heterocycles. The van der Waals surface area contributed by atoms with Gasteiger partial charge in [-0.1, -0.05) is 11.6 Å². The van der Waals surface area contributed by atoms with Crippen LogP contribution in [0.25, 0.3) is 0 Å². The molecule has 0 bridgehead atoms. The first kappa shape index (κ1) is 20.0. The SMILES string of the molecule is CC(C(=O)Nc1ccc(Cl)cn1)N1CCN(C(=O)CN2CCOCC2)CC1. The van der Waals surface area contributed by atoms with Crippen molar-refractivity contribution in [2.75, 3.05) is 64.3 Å². The fourth-order valence-corrected chi connectivity index (χ4v) is 3.37. The van der Waals surface area contributed by atoms with Crippen molar-refractivity contribution in [3.05, 3.63) is 23.4 Å². The molecule has 27 heavy (non-hydrogen) atoms. The van der Waals surface area contributed by atoms with Crippen LogP contribution in [0.2, 0.25) is 5.02 Å². The van der Waals surface area contributed by atoms with Gasteiger partial charge in [0.25, 0.3) is 0 Å². The van der Waals surface area contributed by atoms with Crippen LogP contribution < -0.4 is 5.32 Å². The van der Waals surface area contributed by atoms with Gasteiger partial charge in [0.05, 0.1) is 30.8 Å². The van der Waals surface area contributed by atoms with Gasteiger partial charge in [0, 0.05) is 45.5 Å². The Morgan fingerprint density at radius 3 is 2.52 bits per heavy atom. The van der Waals surface area contributed by atoms with E-state index in [9.17, 15) is 9.59 Å². The largest absolute Gasteiger partial charge is 0.379 e. The van der Waals surface area contributed by atoms with E-state index in [4.69, 9.17) is 16.3 Å². The second-order valence-corrected chi connectivity index (χ2v) is 7.27. The topological polar surface area (TPSA) is 78.0 Å². The molecule has 2 amide bonds. The second-order valence-electron chi connectivity index (χ2n) is 6.83. The second kappa shape index (κ2) is 9.45. The lowest BCUT2D eigenvalue weighted by molar-refractivity contribution is -0.135. The zero-order valence-corrected chi connectivity index (χ0v) is 16.3. The average Bonchev–Trinajstić information content (AvgIpc) is 2.70. The number of carbonyl (C=O) groups excluding carboxylic acids is 2. The van der Waals surface area contributed by atoms with Crippen molar-refractivity contribution < 1.29 is 14.3 Å². The normalized spacial score (nSPS) is 20.3. The summed E-state index contributed by atoms with van der Waals surface area (Å²) < 4.78 is 5.32. The van der Waals surface area contributed by atoms with E-state index in [1.165, 1.54) is 6.20 Å². The first-order valence-electron chi connectivity index (χ1n) is 9.27. The molecule has 1 N–H and O–H groups in total. The van der Waals surface area contributed by atoms with Gasteiger partial charge in [0.2, 0.25) is 11.8 Å². The summed E-state index contributed by atoms with van der Waals surface area (Å²) in [6.45, 7) is 7.95. The highest BCUT2D eigenvalue weighted by Gasteiger charge is 2.28. The number of ether oxygens (including phenoxy) is 1. The van der Waals surface area contributed by atoms with E-state index >= 15 is 0 Å². The minimum absolute atomic E-state index is 0.113. The van der Waals surface area contributed by atoms with Gasteiger partial charge >= 0.3 is 0 Å². The summed E-state index contributed by atoms with van der Waals surface area (Å²) in [6, 6.07) is 3.07. The highest BCUT2D eigenvalue weighted by Crippen LogP contribution is 2.12. The van der Waals surface area contributed by atoms with Gasteiger partial charge in [0.15, 0.2) is 0 Å². The van der Waals surface area contributed by atoms with Crippen LogP contribution in [0.15, 0.2) is 18.3 Å². The lowest BCUT2D eigenvalue weighted by atomic mass is 10.2. The minimum atomic E-state index is -0.293. The summed E-state index contributed by atoms with van der Waals surface area (Å²) in [5.74, 6) is 0.521. The fourth-order valence-electron chi connectivity index (χ4n) is 3.26. The summed E-state index contributed by atoms with van der Waals surface area (Å²) >= 11 is 5.81. The standard InChI is InChI=1S/C18H26ClN5O3/c1-14(18(26)21-16-3-2-15(19)12-20-16)23-4-6-24(7-5-23)17(25)13-22-8-10-27-11-9-22/h2-3,12,14H,4-11,13H2,1H3,(H,20,21,26). The fraction of sp³-hybridized carbons (Fsp3) is 0.611. The number of nitrogens with zero attached hydrogens (tertiary/aromatic N) is 4. The molecule has 8 nitrogen and oxygen atoms in total. The number of carbonyl (C=O) groups is 2. The number of amides is 2. The van der Waals surface area contributed by atoms with Crippen LogP contribution in [-0.4, -0.2) is 96.6 Å². The van der Waals surface area contributed by atoms with Gasteiger partial charge < -0.3 is 15.0 Å². The molecule has 0 radical (unpaired) electrons. The number of nitrogens with one attached hydrogen (secondary N) is 1. The Kier molecular flexibility index (Phi) is 7.01. The maximum absolute atomic E-state index is 12.5. The molecule has 0 spiro atoms. The Morgan fingerprint density at radius 2 is 1.89 bits per heavy atom. The number of pyridine rings is 1. The molecule has 3 rings (SSSR count). The van der Waals surface area contributed by atoms with Crippen LogP contribution in [0.4, 0.5) is 5.82 Å². The molecule has 3 heterocycles. The lowest BCUT2D eigenvalue weighted by Gasteiger charge is -2.38. The first-order chi connectivity index (χ1) is 13.0. The first-order valence-corrected chi connectivity index (χ1v) is 9.65. The van der Waals surface area contributed by atoms with E-state index in [0.717, 1.165) is 13.1 Å². The van der Waals surface area contributed by atoms with Crippen molar-refractivity contribution in [3.8, 4) is 0 Å². The van der Waals surface area contributed by atoms with Crippen molar-refractivity contribution in [1.29, 1.82) is 0 Å². The van der Waals surface area contributed by atoms with Crippen LogP contribution in [0.3, 0.4) is 0 Å². The smallest absolute Gasteiger partial charge is 0.242 e. The van der Waals surface area contributed by atoms with E-state index in [2.05, 4.69) is 20.1 Å². The number of hydrogen-bond donors (Lipinski definition) is 1. The molecule has 0 saturated carbocycles. The molecule has 2 aliphatic rings. The summed E-state index contributed by atoms with van der Waals surface area (Å²) in [7, 11) is 0. The van der Waals surface area contributed by atoms with E-state index < -0.39 is 0 Å². The lowest BCUT2D eigenvalue weighted by Crippen LogP contribution is -2.55. The maximum atomic E-state index is 12.5. The van der Waals surface area contributed by atoms with Crippen LogP contribution in [0.5, 0.6) is 0 Å². The molecule has 1 aromatic rings. The molecule has 2 saturated heterocycles. The number of halogens is 1. The van der Waals surface area contributed by atoms with Crippen LogP contribution in [0.1, 0.15) is 6.92 Å². The minimum Gasteiger partial charge on any atom is -0.379 e. The molecule has 0 aromatic carbocycles. The third-order valence-electron chi connectivity index (χ3n) is 5.04. The monoisotopic (exact) mass is 395 g/mol. The molecule has 148 valence electrons. The number of rotatable bonds is 5. The quantitative estimate of drug-likeness (QED) is 0.784. The predicted octanol–water partition coefficient (Wildman–Crippen LogP) is 0.538. The molecule has 1 atom stereocenters. The van der Waals surface area contributed by atoms with Gasteiger partial charge in [-0.2, -0.15) is 0 Å². The molecule has 1 unspecified atom stereocenters. The van der Waals surface area contributed by atoms with E-state index in [1.54, 1.807) is 12.1 Å². The third kappa shape index (κ3) is 5.62. The van der Waals surface area contributed by atoms with E-state index in [0.29, 0.717) is 56.8 Å². The van der Waals surface area contributed by atoms with Gasteiger partial charge in [-0.25, -0.2) is 4.98 Å². The van der Waals surface area contributed by atoms with E-state index in [1.807, 2.05) is 11.8 Å². The predicted molar refractivity (Wildman–Crippen MR) is 103 cm³/mol. The van der Waals surface area contributed by atoms with Crippen molar-refractivity contribution in [2.45, 2.75) is 13.0 Å². The zero-order valence-electron chi connectivity index (χ0n) is 15.6. The third-order valence-corrected chi connectivity index (χ3v) is 5.26. The number of piperazine rings is 1. The Bertz CT molecular complexity index is 643. The molecule has 2 fully saturated rings. The van der Waals surface area contributed by atoms with Crippen molar-refractivity contribution >= 4 is 29.2 Å². The highest BCUT2D eigenvalue weighted by atomic mass is 35.5. The maximum Gasteiger partial charge on any atom is 0.242 e. The summed E-state index contributed by atoms with van der Waals surface area (Å²) in [6.07, 6.45) is 1.50. The number of morpholine rings is 1. The molecule has 0 aliphatic carbocycles. The Morgan fingerprint density at radius 1 is 1.19 bits per heavy atom. The molecular weight excluding hydrogens is 370 g/mol. The van der Waals surface area contributed by atoms with Crippen LogP contribution >= 0.6 is 11.6 Å². The van der Waals surface area contributed by atoms with Gasteiger partial charge in [-0.15, -0.1) is 0 Å². The summed E-state index contributed by atoms with van der Waals surface area (Å²) in [5, 5.41) is 3.33.